The summed E-state index contributed by atoms with van der Waals surface area (Å²) in [7, 11) is 0. The molecule has 0 N–H and O–H groups in total. The predicted octanol–water partition coefficient (Wildman–Crippen LogP) is 24.2. The lowest BCUT2D eigenvalue weighted by Gasteiger charge is -2.34. The number of hydrogen-bond donors (Lipinski definition) is 0. The van der Waals surface area contributed by atoms with Gasteiger partial charge in [-0.2, -0.15) is 0 Å². The fraction of sp³-hybridized carbons (Fsp3) is 0. The Hall–Kier alpha value is -11.7. The highest BCUT2D eigenvalue weighted by Crippen LogP contribution is 2.57. The van der Waals surface area contributed by atoms with E-state index in [9.17, 15) is 0 Å². The summed E-state index contributed by atoms with van der Waals surface area (Å²) in [6.45, 7) is 0. The number of rotatable bonds is 12. The van der Waals surface area contributed by atoms with Gasteiger partial charge in [-0.1, -0.05) is 243 Å². The predicted molar refractivity (Wildman–Crippen MR) is 376 cm³/mol. The van der Waals surface area contributed by atoms with Gasteiger partial charge in [0, 0.05) is 65.8 Å². The van der Waals surface area contributed by atoms with Gasteiger partial charge in [-0.25, -0.2) is 0 Å². The summed E-state index contributed by atoms with van der Waals surface area (Å²) in [5.74, 6) is 0. The smallest absolute Gasteiger partial charge is 0.0562 e. The van der Waals surface area contributed by atoms with Crippen LogP contribution in [0, 0.1) is 0 Å². The fourth-order valence-corrected chi connectivity index (χ4v) is 14.1. The molecule has 0 fully saturated rings. The van der Waals surface area contributed by atoms with Crippen LogP contribution in [-0.4, -0.2) is 0 Å². The minimum atomic E-state index is 1.07. The first-order valence-corrected chi connectivity index (χ1v) is 30.3. The van der Waals surface area contributed by atoms with E-state index in [2.05, 4.69) is 359 Å². The quantitative estimate of drug-likeness (QED) is 0.0893. The number of hydrogen-bond acceptors (Lipinski definition) is 4. The zero-order valence-electron chi connectivity index (χ0n) is 48.1. The van der Waals surface area contributed by atoms with E-state index in [1.807, 2.05) is 0 Å². The van der Waals surface area contributed by atoms with Gasteiger partial charge in [0.25, 0.3) is 0 Å². The van der Waals surface area contributed by atoms with Crippen molar-refractivity contribution in [3.8, 4) is 0 Å². The molecule has 17 aromatic rings. The van der Waals surface area contributed by atoms with Crippen LogP contribution in [0.5, 0.6) is 0 Å². The third-order valence-electron chi connectivity index (χ3n) is 17.9. The molecule has 412 valence electrons. The van der Waals surface area contributed by atoms with Crippen LogP contribution in [0.2, 0.25) is 0 Å². The van der Waals surface area contributed by atoms with Gasteiger partial charge in [-0.05, 0) is 140 Å². The first-order chi connectivity index (χ1) is 43.7. The zero-order chi connectivity index (χ0) is 58.1. The normalized spacial score (nSPS) is 11.6. The molecule has 0 bridgehead atoms. The third-order valence-corrected chi connectivity index (χ3v) is 17.9. The van der Waals surface area contributed by atoms with Crippen molar-refractivity contribution in [1.29, 1.82) is 0 Å². The Morgan fingerprint density at radius 1 is 0.125 bits per heavy atom. The van der Waals surface area contributed by atoms with E-state index < -0.39 is 0 Å². The van der Waals surface area contributed by atoms with E-state index in [0.717, 1.165) is 79.0 Å². The Kier molecular flexibility index (Phi) is 12.2. The first-order valence-electron chi connectivity index (χ1n) is 30.3. The molecule has 0 saturated carbocycles. The summed E-state index contributed by atoms with van der Waals surface area (Å²) in [4.78, 5) is 10.0. The zero-order valence-corrected chi connectivity index (χ0v) is 48.1. The van der Waals surface area contributed by atoms with E-state index in [1.54, 1.807) is 0 Å². The van der Waals surface area contributed by atoms with Crippen molar-refractivity contribution < 1.29 is 0 Å². The van der Waals surface area contributed by atoms with Gasteiger partial charge in [-0.3, -0.25) is 0 Å². The summed E-state index contributed by atoms with van der Waals surface area (Å²) in [6.07, 6.45) is 0. The van der Waals surface area contributed by atoms with Crippen molar-refractivity contribution in [2.75, 3.05) is 19.6 Å². The van der Waals surface area contributed by atoms with Crippen molar-refractivity contribution in [3.63, 3.8) is 0 Å². The van der Waals surface area contributed by atoms with Crippen LogP contribution < -0.4 is 19.6 Å². The second-order valence-corrected chi connectivity index (χ2v) is 22.7. The molecule has 0 amide bonds. The topological polar surface area (TPSA) is 13.0 Å². The van der Waals surface area contributed by atoms with E-state index >= 15 is 0 Å². The lowest BCUT2D eigenvalue weighted by Crippen LogP contribution is -2.15. The number of nitrogens with zero attached hydrogens (tertiary/aromatic N) is 4. The molecule has 4 nitrogen and oxygen atoms in total. The molecule has 0 radical (unpaired) electrons. The molecule has 0 atom stereocenters. The van der Waals surface area contributed by atoms with Gasteiger partial charge in [0.2, 0.25) is 0 Å². The Bertz CT molecular complexity index is 4780. The molecular weight excluding hydrogens is 1060 g/mol. The summed E-state index contributed by atoms with van der Waals surface area (Å²) in [6, 6.07) is 125. The van der Waals surface area contributed by atoms with Crippen LogP contribution in [-0.2, 0) is 0 Å². The number of benzene rings is 17. The van der Waals surface area contributed by atoms with Gasteiger partial charge in [-0.15, -0.1) is 0 Å². The van der Waals surface area contributed by atoms with Crippen LogP contribution in [0.1, 0.15) is 0 Å². The molecule has 0 saturated heterocycles. The summed E-state index contributed by atoms with van der Waals surface area (Å²) in [5.41, 5.74) is 13.0. The van der Waals surface area contributed by atoms with Crippen molar-refractivity contribution in [2.24, 2.45) is 0 Å². The van der Waals surface area contributed by atoms with E-state index in [-0.39, 0.29) is 0 Å². The van der Waals surface area contributed by atoms with Crippen molar-refractivity contribution in [1.82, 2.24) is 0 Å². The van der Waals surface area contributed by atoms with Crippen molar-refractivity contribution in [2.45, 2.75) is 0 Å². The number of anilines is 12. The fourth-order valence-electron chi connectivity index (χ4n) is 14.1. The first kappa shape index (κ1) is 50.8. The Morgan fingerprint density at radius 3 is 0.568 bits per heavy atom. The monoisotopic (exact) mass is 1120 g/mol. The molecule has 0 aliphatic carbocycles. The summed E-state index contributed by atoms with van der Waals surface area (Å²) in [5, 5.41) is 18.7. The van der Waals surface area contributed by atoms with Crippen molar-refractivity contribution in [3.05, 3.63) is 340 Å². The lowest BCUT2D eigenvalue weighted by atomic mass is 9.86. The van der Waals surface area contributed by atoms with E-state index in [0.29, 0.717) is 0 Å². The van der Waals surface area contributed by atoms with Gasteiger partial charge in [0.05, 0.1) is 45.5 Å². The van der Waals surface area contributed by atoms with Gasteiger partial charge in [0.15, 0.2) is 0 Å². The van der Waals surface area contributed by atoms with Crippen LogP contribution in [0.3, 0.4) is 0 Å². The molecule has 17 aromatic carbocycles. The molecule has 88 heavy (non-hydrogen) atoms. The van der Waals surface area contributed by atoms with Gasteiger partial charge < -0.3 is 19.6 Å². The second-order valence-electron chi connectivity index (χ2n) is 22.7. The molecule has 0 aliphatic rings. The molecule has 4 heteroatoms. The second kappa shape index (κ2) is 21.1. The highest BCUT2D eigenvalue weighted by Gasteiger charge is 2.30. The van der Waals surface area contributed by atoms with E-state index in [4.69, 9.17) is 0 Å². The van der Waals surface area contributed by atoms with Crippen LogP contribution >= 0.6 is 0 Å². The highest BCUT2D eigenvalue weighted by atomic mass is 15.2. The standard InChI is InChI=1S/C84H56N4/c1-5-33-61(34-6-1)85(73-45-21-29-57-25-13-17-41-65(57)73)77-53-49-69-71-51-55-79(87(63-37-9-3-10-38-63)75-47-23-31-59-27-15-19-43-67(59)75)84-80(88(64-39-11-4-12-40-64)76-48-24-32-60-28-16-20-44-68(60)76)56-52-72(82(71)84)70-50-54-78(83(77)81(69)70)86(62-35-7-2-8-36-62)74-46-22-30-58-26-14-18-42-66(58)74/h1-56H. The maximum absolute atomic E-state index is 2.50. The third kappa shape index (κ3) is 8.22. The number of para-hydroxylation sites is 4. The Morgan fingerprint density at radius 2 is 0.330 bits per heavy atom. The van der Waals surface area contributed by atoms with Gasteiger partial charge in [0.1, 0.15) is 0 Å². The van der Waals surface area contributed by atoms with Crippen LogP contribution in [0.25, 0.3) is 86.2 Å². The SMILES string of the molecule is c1ccc(N(c2cccc3ccccc23)c2ccc3c4ccc(N(c5ccccc5)c5cccc6ccccc56)c5c(N(c6ccccc6)c6cccc7ccccc67)ccc(c6ccc(N(c7ccccc7)c7cccc8ccccc78)c2c36)c54)cc1. The Balaban J connectivity index is 1.06. The molecule has 17 rings (SSSR count). The molecule has 0 spiro atoms. The maximum atomic E-state index is 2.50. The molecule has 0 heterocycles. The van der Waals surface area contributed by atoms with Crippen LogP contribution in [0.4, 0.5) is 68.2 Å². The average Bonchev–Trinajstić information content (AvgIpc) is 0.790. The van der Waals surface area contributed by atoms with Gasteiger partial charge >= 0.3 is 0 Å². The molecule has 0 aromatic heterocycles. The summed E-state index contributed by atoms with van der Waals surface area (Å²) >= 11 is 0. The van der Waals surface area contributed by atoms with Crippen LogP contribution in [0.15, 0.2) is 340 Å². The Labute approximate surface area is 510 Å². The highest BCUT2D eigenvalue weighted by molar-refractivity contribution is 6.39. The molecule has 0 aliphatic heterocycles. The average molecular weight is 1120 g/mol. The molecular formula is C84H56N4. The van der Waals surface area contributed by atoms with E-state index in [1.165, 1.54) is 75.4 Å². The minimum absolute atomic E-state index is 1.07. The number of fused-ring (bicyclic) bond motifs is 6. The van der Waals surface area contributed by atoms with Crippen molar-refractivity contribution >= 4 is 154 Å². The molecule has 0 unspecified atom stereocenters. The maximum Gasteiger partial charge on any atom is 0.0562 e. The minimum Gasteiger partial charge on any atom is -0.309 e. The lowest BCUT2D eigenvalue weighted by molar-refractivity contribution is 1.29. The largest absolute Gasteiger partial charge is 0.309 e. The summed E-state index contributed by atoms with van der Waals surface area (Å²) < 4.78 is 0.